The van der Waals surface area contributed by atoms with Crippen LogP contribution in [0, 0.1) is 6.92 Å². The second-order valence-corrected chi connectivity index (χ2v) is 6.64. The Morgan fingerprint density at radius 2 is 2.14 bits per heavy atom. The van der Waals surface area contributed by atoms with Crippen LogP contribution in [0.25, 0.3) is 10.9 Å². The highest BCUT2D eigenvalue weighted by Gasteiger charge is 2.21. The summed E-state index contributed by atoms with van der Waals surface area (Å²) >= 11 is 0. The molecule has 0 aliphatic rings. The molecule has 0 fully saturated rings. The molecule has 0 bridgehead atoms. The lowest BCUT2D eigenvalue weighted by Gasteiger charge is -2.13. The molecule has 2 rings (SSSR count). The summed E-state index contributed by atoms with van der Waals surface area (Å²) in [5, 5.41) is 9.43. The van der Waals surface area contributed by atoms with Gasteiger partial charge in [-0.2, -0.15) is 0 Å². The lowest BCUT2D eigenvalue weighted by molar-refractivity contribution is -0.137. The number of para-hydroxylation sites is 1. The maximum atomic E-state index is 12.4. The van der Waals surface area contributed by atoms with Gasteiger partial charge < -0.3 is 5.11 Å². The number of nitrogens with one attached hydrogen (secondary N) is 1. The second-order valence-electron chi connectivity index (χ2n) is 4.96. The molecule has 0 saturated carbocycles. The summed E-state index contributed by atoms with van der Waals surface area (Å²) in [6.45, 7) is 3.38. The van der Waals surface area contributed by atoms with Crippen LogP contribution in [0.5, 0.6) is 0 Å². The third-order valence-electron chi connectivity index (χ3n) is 2.94. The first kappa shape index (κ1) is 15.4. The average Bonchev–Trinajstić information content (AvgIpc) is 2.35. The summed E-state index contributed by atoms with van der Waals surface area (Å²) < 4.78 is 27.1. The third kappa shape index (κ3) is 3.56. The molecule has 0 aliphatic heterocycles. The number of carboxylic acids is 1. The largest absolute Gasteiger partial charge is 0.481 e. The van der Waals surface area contributed by atoms with E-state index in [1.54, 1.807) is 18.3 Å². The van der Waals surface area contributed by atoms with Gasteiger partial charge in [-0.25, -0.2) is 13.1 Å². The van der Waals surface area contributed by atoms with Crippen LogP contribution in [0.15, 0.2) is 35.4 Å². The van der Waals surface area contributed by atoms with Gasteiger partial charge in [-0.3, -0.25) is 9.78 Å². The summed E-state index contributed by atoms with van der Waals surface area (Å²) in [4.78, 5) is 14.9. The fourth-order valence-corrected chi connectivity index (χ4v) is 3.51. The van der Waals surface area contributed by atoms with E-state index in [0.29, 0.717) is 5.52 Å². The lowest BCUT2D eigenvalue weighted by Crippen LogP contribution is -2.34. The number of hydrogen-bond acceptors (Lipinski definition) is 4. The molecule has 7 heteroatoms. The molecule has 21 heavy (non-hydrogen) atoms. The van der Waals surface area contributed by atoms with Crippen molar-refractivity contribution in [3.05, 3.63) is 36.0 Å². The van der Waals surface area contributed by atoms with Gasteiger partial charge in [-0.15, -0.1) is 0 Å². The molecule has 1 unspecified atom stereocenters. The number of carboxylic acid groups (broad SMARTS) is 1. The standard InChI is InChI=1S/C14H16N2O4S/c1-9-6-11-4-3-5-12(14(11)15-8-9)21(19,20)16-10(2)7-13(17)18/h3-6,8,10,16H,7H2,1-2H3,(H,17,18). The van der Waals surface area contributed by atoms with Crippen molar-refractivity contribution in [1.29, 1.82) is 0 Å². The number of benzene rings is 1. The number of aliphatic carboxylic acids is 1. The Morgan fingerprint density at radius 3 is 2.81 bits per heavy atom. The summed E-state index contributed by atoms with van der Waals surface area (Å²) in [6.07, 6.45) is 1.32. The fraction of sp³-hybridized carbons (Fsp3) is 0.286. The van der Waals surface area contributed by atoms with Crippen molar-refractivity contribution in [1.82, 2.24) is 9.71 Å². The Bertz CT molecular complexity index is 787. The summed E-state index contributed by atoms with van der Waals surface area (Å²) in [5.41, 5.74) is 1.31. The maximum absolute atomic E-state index is 12.4. The summed E-state index contributed by atoms with van der Waals surface area (Å²) in [7, 11) is -3.82. The Morgan fingerprint density at radius 1 is 1.43 bits per heavy atom. The predicted octanol–water partition coefficient (Wildman–Crippen LogP) is 1.68. The first-order valence-corrected chi connectivity index (χ1v) is 7.87. The molecular formula is C14H16N2O4S. The quantitative estimate of drug-likeness (QED) is 0.876. The van der Waals surface area contributed by atoms with Crippen LogP contribution in [-0.4, -0.2) is 30.5 Å². The summed E-state index contributed by atoms with van der Waals surface area (Å²) in [6, 6.07) is 6.03. The van der Waals surface area contributed by atoms with Gasteiger partial charge in [-0.1, -0.05) is 12.1 Å². The van der Waals surface area contributed by atoms with Crippen molar-refractivity contribution >= 4 is 26.9 Å². The molecule has 2 N–H and O–H groups in total. The highest BCUT2D eigenvalue weighted by atomic mass is 32.2. The van der Waals surface area contributed by atoms with Gasteiger partial charge in [0, 0.05) is 17.6 Å². The van der Waals surface area contributed by atoms with Crippen molar-refractivity contribution in [2.24, 2.45) is 0 Å². The minimum atomic E-state index is -3.82. The molecule has 1 atom stereocenters. The van der Waals surface area contributed by atoms with Crippen LogP contribution in [0.1, 0.15) is 18.9 Å². The molecule has 0 radical (unpaired) electrons. The molecule has 0 spiro atoms. The summed E-state index contributed by atoms with van der Waals surface area (Å²) in [5.74, 6) is -1.06. The van der Waals surface area contributed by atoms with Crippen LogP contribution in [0.4, 0.5) is 0 Å². The number of rotatable bonds is 5. The molecule has 1 aromatic carbocycles. The number of fused-ring (bicyclic) bond motifs is 1. The average molecular weight is 308 g/mol. The molecular weight excluding hydrogens is 292 g/mol. The van der Waals surface area contributed by atoms with Crippen LogP contribution >= 0.6 is 0 Å². The zero-order chi connectivity index (χ0) is 15.6. The Kier molecular flexibility index (Phi) is 4.24. The monoisotopic (exact) mass is 308 g/mol. The number of nitrogens with zero attached hydrogens (tertiary/aromatic N) is 1. The first-order valence-electron chi connectivity index (χ1n) is 6.39. The number of aromatic nitrogens is 1. The molecule has 1 heterocycles. The maximum Gasteiger partial charge on any atom is 0.304 e. The highest BCUT2D eigenvalue weighted by molar-refractivity contribution is 7.89. The molecule has 112 valence electrons. The normalized spacial score (nSPS) is 13.2. The van der Waals surface area contributed by atoms with Gasteiger partial charge in [0.15, 0.2) is 0 Å². The van der Waals surface area contributed by atoms with Gasteiger partial charge in [0.25, 0.3) is 0 Å². The molecule has 0 saturated heterocycles. The number of carbonyl (C=O) groups is 1. The van der Waals surface area contributed by atoms with Crippen molar-refractivity contribution in [3.63, 3.8) is 0 Å². The van der Waals surface area contributed by atoms with Gasteiger partial charge in [0.2, 0.25) is 10.0 Å². The van der Waals surface area contributed by atoms with E-state index in [1.165, 1.54) is 13.0 Å². The highest BCUT2D eigenvalue weighted by Crippen LogP contribution is 2.22. The van der Waals surface area contributed by atoms with Gasteiger partial charge in [0.05, 0.1) is 11.9 Å². The topological polar surface area (TPSA) is 96.4 Å². The smallest absolute Gasteiger partial charge is 0.304 e. The lowest BCUT2D eigenvalue weighted by atomic mass is 10.2. The molecule has 0 aliphatic carbocycles. The zero-order valence-electron chi connectivity index (χ0n) is 11.7. The van der Waals surface area contributed by atoms with E-state index < -0.39 is 22.0 Å². The fourth-order valence-electron chi connectivity index (χ4n) is 2.09. The van der Waals surface area contributed by atoms with Crippen molar-refractivity contribution in [3.8, 4) is 0 Å². The van der Waals surface area contributed by atoms with E-state index in [9.17, 15) is 13.2 Å². The van der Waals surface area contributed by atoms with Crippen LogP contribution < -0.4 is 4.72 Å². The van der Waals surface area contributed by atoms with E-state index in [0.717, 1.165) is 10.9 Å². The Balaban J connectivity index is 2.43. The van der Waals surface area contributed by atoms with Crippen molar-refractivity contribution in [2.75, 3.05) is 0 Å². The van der Waals surface area contributed by atoms with Crippen LogP contribution in [0.2, 0.25) is 0 Å². The number of aryl methyl sites for hydroxylation is 1. The minimum absolute atomic E-state index is 0.0530. The van der Waals surface area contributed by atoms with E-state index in [1.807, 2.05) is 13.0 Å². The van der Waals surface area contributed by atoms with Crippen LogP contribution in [0.3, 0.4) is 0 Å². The molecule has 0 amide bonds. The number of hydrogen-bond donors (Lipinski definition) is 2. The number of pyridine rings is 1. The van der Waals surface area contributed by atoms with Crippen LogP contribution in [-0.2, 0) is 14.8 Å². The second kappa shape index (κ2) is 5.79. The minimum Gasteiger partial charge on any atom is -0.481 e. The SMILES string of the molecule is Cc1cnc2c(S(=O)(=O)NC(C)CC(=O)O)cccc2c1. The van der Waals surface area contributed by atoms with E-state index in [4.69, 9.17) is 5.11 Å². The predicted molar refractivity (Wildman–Crippen MR) is 78.5 cm³/mol. The van der Waals surface area contributed by atoms with Crippen molar-refractivity contribution < 1.29 is 18.3 Å². The molecule has 6 nitrogen and oxygen atoms in total. The Labute approximate surface area is 122 Å². The van der Waals surface area contributed by atoms with E-state index in [-0.39, 0.29) is 11.3 Å². The Hall–Kier alpha value is -1.99. The number of sulfonamides is 1. The van der Waals surface area contributed by atoms with Gasteiger partial charge in [0.1, 0.15) is 4.90 Å². The molecule has 2 aromatic rings. The van der Waals surface area contributed by atoms with Gasteiger partial charge >= 0.3 is 5.97 Å². The van der Waals surface area contributed by atoms with Crippen molar-refractivity contribution in [2.45, 2.75) is 31.2 Å². The third-order valence-corrected chi connectivity index (χ3v) is 4.56. The van der Waals surface area contributed by atoms with E-state index in [2.05, 4.69) is 9.71 Å². The first-order chi connectivity index (χ1) is 9.79. The van der Waals surface area contributed by atoms with E-state index >= 15 is 0 Å². The molecule has 1 aromatic heterocycles. The van der Waals surface area contributed by atoms with Gasteiger partial charge in [-0.05, 0) is 31.5 Å². The zero-order valence-corrected chi connectivity index (χ0v) is 12.5.